The minimum atomic E-state index is -0.534. The first kappa shape index (κ1) is 18.3. The summed E-state index contributed by atoms with van der Waals surface area (Å²) in [5.41, 5.74) is 2.60. The van der Waals surface area contributed by atoms with Crippen LogP contribution in [-0.4, -0.2) is 40.4 Å². The van der Waals surface area contributed by atoms with Crippen LogP contribution in [0.25, 0.3) is 0 Å². The number of benzene rings is 1. The third kappa shape index (κ3) is 2.99. The zero-order valence-electron chi connectivity index (χ0n) is 16.2. The number of hydrogen-bond acceptors (Lipinski definition) is 6. The summed E-state index contributed by atoms with van der Waals surface area (Å²) in [5, 5.41) is 0. The van der Waals surface area contributed by atoms with Gasteiger partial charge >= 0.3 is 5.97 Å². The zero-order valence-corrected chi connectivity index (χ0v) is 16.2. The molecule has 6 nitrogen and oxygen atoms in total. The van der Waals surface area contributed by atoms with Crippen molar-refractivity contribution in [3.05, 3.63) is 65.5 Å². The van der Waals surface area contributed by atoms with E-state index in [0.717, 1.165) is 17.0 Å². The molecular weight excluding hydrogens is 354 g/mol. The minimum Gasteiger partial charge on any atom is -0.466 e. The van der Waals surface area contributed by atoms with Crippen molar-refractivity contribution in [1.29, 1.82) is 0 Å². The lowest BCUT2D eigenvalue weighted by atomic mass is 9.82. The number of anilines is 1. The molecule has 28 heavy (non-hydrogen) atoms. The molecular formula is C22H23N3O3. The molecule has 2 bridgehead atoms. The molecule has 0 spiro atoms. The second-order valence-electron chi connectivity index (χ2n) is 7.27. The number of aryl methyl sites for hydroxylation is 2. The van der Waals surface area contributed by atoms with Crippen molar-refractivity contribution < 1.29 is 14.3 Å². The lowest BCUT2D eigenvalue weighted by Gasteiger charge is -2.32. The average Bonchev–Trinajstić information content (AvgIpc) is 2.93. The van der Waals surface area contributed by atoms with E-state index in [0.29, 0.717) is 12.6 Å². The Balaban J connectivity index is 1.88. The van der Waals surface area contributed by atoms with Crippen LogP contribution in [0, 0.1) is 19.8 Å². The van der Waals surface area contributed by atoms with E-state index >= 15 is 0 Å². The van der Waals surface area contributed by atoms with E-state index in [4.69, 9.17) is 4.74 Å². The van der Waals surface area contributed by atoms with Crippen molar-refractivity contribution >= 4 is 17.7 Å². The zero-order chi connectivity index (χ0) is 19.8. The molecule has 1 aromatic heterocycles. The Kier molecular flexibility index (Phi) is 4.71. The number of hydrogen-bond donors (Lipinski definition) is 0. The quantitative estimate of drug-likeness (QED) is 0.763. The number of aromatic nitrogens is 2. The number of rotatable bonds is 4. The third-order valence-electron chi connectivity index (χ3n) is 5.41. The fourth-order valence-corrected chi connectivity index (χ4v) is 4.43. The molecule has 0 radical (unpaired) electrons. The third-order valence-corrected chi connectivity index (χ3v) is 5.41. The van der Waals surface area contributed by atoms with Crippen LogP contribution in [0.3, 0.4) is 0 Å². The Morgan fingerprint density at radius 1 is 1.14 bits per heavy atom. The highest BCUT2D eigenvalue weighted by atomic mass is 16.5. The van der Waals surface area contributed by atoms with Gasteiger partial charge in [-0.05, 0) is 38.5 Å². The van der Waals surface area contributed by atoms with Crippen LogP contribution < -0.4 is 4.90 Å². The van der Waals surface area contributed by atoms with Gasteiger partial charge < -0.3 is 9.64 Å². The molecule has 0 unspecified atom stereocenters. The van der Waals surface area contributed by atoms with Crippen molar-refractivity contribution in [2.75, 3.05) is 11.5 Å². The molecule has 0 saturated carbocycles. The number of ether oxygens (including phenoxy) is 1. The number of carbonyl (C=O) groups excluding carboxylic acids is 2. The number of carbonyl (C=O) groups is 2. The number of nitrogens with zero attached hydrogens (tertiary/aromatic N) is 3. The monoisotopic (exact) mass is 377 g/mol. The van der Waals surface area contributed by atoms with E-state index in [1.807, 2.05) is 55.1 Å². The average molecular weight is 377 g/mol. The Morgan fingerprint density at radius 3 is 2.46 bits per heavy atom. The van der Waals surface area contributed by atoms with E-state index in [1.165, 1.54) is 0 Å². The van der Waals surface area contributed by atoms with Crippen LogP contribution in [0.5, 0.6) is 0 Å². The van der Waals surface area contributed by atoms with E-state index in [2.05, 4.69) is 9.97 Å². The highest BCUT2D eigenvalue weighted by molar-refractivity contribution is 6.01. The van der Waals surface area contributed by atoms with Crippen LogP contribution in [0.15, 0.2) is 48.6 Å². The van der Waals surface area contributed by atoms with Gasteiger partial charge in [0.25, 0.3) is 0 Å². The van der Waals surface area contributed by atoms with Crippen LogP contribution in [0.4, 0.5) is 5.95 Å². The van der Waals surface area contributed by atoms with Gasteiger partial charge in [-0.15, -0.1) is 0 Å². The van der Waals surface area contributed by atoms with E-state index in [-0.39, 0.29) is 23.7 Å². The summed E-state index contributed by atoms with van der Waals surface area (Å²) in [6.45, 7) is 5.90. The number of fused-ring (bicyclic) bond motifs is 2. The second-order valence-corrected chi connectivity index (χ2v) is 7.27. The molecule has 4 atom stereocenters. The summed E-state index contributed by atoms with van der Waals surface area (Å²) in [7, 11) is 0. The summed E-state index contributed by atoms with van der Waals surface area (Å²) in [6, 6.07) is 10.7. The fraction of sp³-hybridized carbons (Fsp3) is 0.364. The number of esters is 1. The van der Waals surface area contributed by atoms with Gasteiger partial charge in [0.2, 0.25) is 5.95 Å². The Bertz CT molecular complexity index is 921. The van der Waals surface area contributed by atoms with Gasteiger partial charge in [0.05, 0.1) is 18.6 Å². The van der Waals surface area contributed by atoms with Gasteiger partial charge in [-0.1, -0.05) is 36.4 Å². The molecule has 1 saturated heterocycles. The van der Waals surface area contributed by atoms with Crippen molar-refractivity contribution in [1.82, 2.24) is 9.97 Å². The maximum Gasteiger partial charge on any atom is 0.312 e. The van der Waals surface area contributed by atoms with Gasteiger partial charge in [0.15, 0.2) is 5.78 Å². The predicted molar refractivity (Wildman–Crippen MR) is 105 cm³/mol. The maximum atomic E-state index is 13.0. The minimum absolute atomic E-state index is 0.0420. The van der Waals surface area contributed by atoms with Gasteiger partial charge in [-0.25, -0.2) is 9.97 Å². The highest BCUT2D eigenvalue weighted by Gasteiger charge is 2.57. The first-order valence-corrected chi connectivity index (χ1v) is 9.55. The molecule has 2 aliphatic heterocycles. The molecule has 3 heterocycles. The fourth-order valence-electron chi connectivity index (χ4n) is 4.43. The molecule has 0 amide bonds. The lowest BCUT2D eigenvalue weighted by molar-refractivity contribution is -0.148. The second kappa shape index (κ2) is 7.19. The van der Waals surface area contributed by atoms with Crippen molar-refractivity contribution in [3.63, 3.8) is 0 Å². The first-order chi connectivity index (χ1) is 13.5. The molecule has 0 aliphatic carbocycles. The molecule has 2 aliphatic rings. The Hall–Kier alpha value is -3.02. The van der Waals surface area contributed by atoms with Crippen LogP contribution in [0.2, 0.25) is 0 Å². The molecule has 4 rings (SSSR count). The SMILES string of the molecule is CCOC(=O)[C@@H]1[C@@H](c2ccccc2)[C@@H]2C(=O)C=C[C@H]1N2c1nc(C)cc(C)n1. The van der Waals surface area contributed by atoms with Gasteiger partial charge in [-0.3, -0.25) is 9.59 Å². The molecule has 2 aromatic rings. The maximum absolute atomic E-state index is 13.0. The summed E-state index contributed by atoms with van der Waals surface area (Å²) in [6.07, 6.45) is 3.38. The standard InChI is InChI=1S/C22H23N3O3/c1-4-28-21(27)19-16-10-11-17(26)20(18(19)15-8-6-5-7-9-15)25(16)22-23-13(2)12-14(3)24-22/h5-12,16,18-20H,4H2,1-3H3/t16-,18-,19+,20+/m1/s1. The van der Waals surface area contributed by atoms with E-state index in [9.17, 15) is 9.59 Å². The van der Waals surface area contributed by atoms with Crippen molar-refractivity contribution in [3.8, 4) is 0 Å². The summed E-state index contributed by atoms with van der Waals surface area (Å²) < 4.78 is 5.40. The largest absolute Gasteiger partial charge is 0.466 e. The predicted octanol–water partition coefficient (Wildman–Crippen LogP) is 2.75. The molecule has 0 N–H and O–H groups in total. The van der Waals surface area contributed by atoms with Crippen LogP contribution in [0.1, 0.15) is 29.8 Å². The topological polar surface area (TPSA) is 72.4 Å². The first-order valence-electron chi connectivity index (χ1n) is 9.55. The van der Waals surface area contributed by atoms with Gasteiger partial charge in [0, 0.05) is 17.3 Å². The van der Waals surface area contributed by atoms with E-state index < -0.39 is 12.0 Å². The highest BCUT2D eigenvalue weighted by Crippen LogP contribution is 2.47. The van der Waals surface area contributed by atoms with Crippen LogP contribution in [-0.2, 0) is 14.3 Å². The van der Waals surface area contributed by atoms with Crippen molar-refractivity contribution in [2.24, 2.45) is 5.92 Å². The molecule has 6 heteroatoms. The van der Waals surface area contributed by atoms with Crippen molar-refractivity contribution in [2.45, 2.75) is 38.8 Å². The lowest BCUT2D eigenvalue weighted by Crippen LogP contribution is -2.45. The Morgan fingerprint density at radius 2 is 1.82 bits per heavy atom. The molecule has 1 aromatic carbocycles. The summed E-state index contributed by atoms with van der Waals surface area (Å²) >= 11 is 0. The number of ketones is 1. The smallest absolute Gasteiger partial charge is 0.312 e. The molecule has 144 valence electrons. The Labute approximate surface area is 164 Å². The van der Waals surface area contributed by atoms with E-state index in [1.54, 1.807) is 19.1 Å². The molecule has 1 fully saturated rings. The van der Waals surface area contributed by atoms with Gasteiger partial charge in [-0.2, -0.15) is 0 Å². The van der Waals surface area contributed by atoms with Gasteiger partial charge in [0.1, 0.15) is 6.04 Å². The normalized spacial score (nSPS) is 25.8. The van der Waals surface area contributed by atoms with Crippen LogP contribution >= 0.6 is 0 Å². The summed E-state index contributed by atoms with van der Waals surface area (Å²) in [4.78, 5) is 37.0. The summed E-state index contributed by atoms with van der Waals surface area (Å²) in [5.74, 6) is -0.674.